The predicted octanol–water partition coefficient (Wildman–Crippen LogP) is 1.66. The van der Waals surface area contributed by atoms with Gasteiger partial charge in [0, 0.05) is 24.9 Å². The van der Waals surface area contributed by atoms with Crippen LogP contribution in [-0.4, -0.2) is 58.3 Å². The number of benzene rings is 1. The Morgan fingerprint density at radius 3 is 2.65 bits per heavy atom. The van der Waals surface area contributed by atoms with Crippen molar-refractivity contribution in [1.29, 1.82) is 5.26 Å². The van der Waals surface area contributed by atoms with Crippen LogP contribution in [0.3, 0.4) is 0 Å². The minimum atomic E-state index is -3.15. The highest BCUT2D eigenvalue weighted by atomic mass is 19.3. The zero-order chi connectivity index (χ0) is 24.5. The number of hydrogen-bond acceptors (Lipinski definition) is 5. The molecule has 1 aromatic carbocycles. The Kier molecular flexibility index (Phi) is 6.84. The number of nitriles is 1. The second-order valence-corrected chi connectivity index (χ2v) is 9.36. The summed E-state index contributed by atoms with van der Waals surface area (Å²) in [4.78, 5) is 39.7. The first-order valence-electron chi connectivity index (χ1n) is 11.6. The van der Waals surface area contributed by atoms with E-state index in [1.165, 1.54) is 0 Å². The molecule has 0 spiro atoms. The molecule has 3 heterocycles. The van der Waals surface area contributed by atoms with Gasteiger partial charge < -0.3 is 20.6 Å². The lowest BCUT2D eigenvalue weighted by Gasteiger charge is -2.54. The van der Waals surface area contributed by atoms with Crippen LogP contribution in [0.15, 0.2) is 30.3 Å². The summed E-state index contributed by atoms with van der Waals surface area (Å²) in [7, 11) is 0. The lowest BCUT2D eigenvalue weighted by Crippen LogP contribution is -2.69. The van der Waals surface area contributed by atoms with Gasteiger partial charge in [0.25, 0.3) is 11.8 Å². The normalized spacial score (nSPS) is 29.5. The topological polar surface area (TPSA) is 123 Å². The highest BCUT2D eigenvalue weighted by Crippen LogP contribution is 2.49. The molecule has 0 aromatic heterocycles. The number of nitrogens with one attached hydrogen (secondary N) is 2. The van der Waals surface area contributed by atoms with Gasteiger partial charge in [0.05, 0.1) is 12.0 Å². The Hall–Kier alpha value is -3.06. The van der Waals surface area contributed by atoms with E-state index in [0.29, 0.717) is 24.9 Å². The van der Waals surface area contributed by atoms with Gasteiger partial charge in [0.15, 0.2) is 6.10 Å². The molecule has 3 amide bonds. The summed E-state index contributed by atoms with van der Waals surface area (Å²) >= 11 is 0. The van der Waals surface area contributed by atoms with Crippen molar-refractivity contribution in [2.24, 2.45) is 11.8 Å². The van der Waals surface area contributed by atoms with Crippen LogP contribution in [0.25, 0.3) is 0 Å². The molecule has 5 rings (SSSR count). The van der Waals surface area contributed by atoms with E-state index in [0.717, 1.165) is 11.3 Å². The summed E-state index contributed by atoms with van der Waals surface area (Å²) in [5, 5.41) is 25.5. The molecule has 10 heteroatoms. The largest absolute Gasteiger partial charge is 0.378 e. The summed E-state index contributed by atoms with van der Waals surface area (Å²) in [5.74, 6) is -6.89. The van der Waals surface area contributed by atoms with Crippen molar-refractivity contribution in [3.05, 3.63) is 35.9 Å². The molecule has 3 saturated heterocycles. The van der Waals surface area contributed by atoms with Crippen LogP contribution in [0, 0.1) is 23.2 Å². The van der Waals surface area contributed by atoms with Gasteiger partial charge >= 0.3 is 0 Å². The monoisotopic (exact) mass is 474 g/mol. The second-order valence-electron chi connectivity index (χ2n) is 9.36. The van der Waals surface area contributed by atoms with Gasteiger partial charge in [-0.1, -0.05) is 30.3 Å². The van der Waals surface area contributed by atoms with Crippen molar-refractivity contribution < 1.29 is 28.3 Å². The number of fused-ring (bicyclic) bond motifs is 3. The number of nitrogens with zero attached hydrogens (tertiary/aromatic N) is 2. The van der Waals surface area contributed by atoms with Crippen molar-refractivity contribution in [2.75, 3.05) is 6.54 Å². The van der Waals surface area contributed by atoms with Gasteiger partial charge in [0.1, 0.15) is 12.1 Å². The van der Waals surface area contributed by atoms with E-state index in [2.05, 4.69) is 10.6 Å². The Morgan fingerprint density at radius 1 is 1.26 bits per heavy atom. The number of carbonyl (C=O) groups is 3. The number of halogens is 2. The van der Waals surface area contributed by atoms with Gasteiger partial charge in [-0.2, -0.15) is 5.26 Å². The first-order valence-corrected chi connectivity index (χ1v) is 11.6. The first-order chi connectivity index (χ1) is 16.2. The van der Waals surface area contributed by atoms with Crippen molar-refractivity contribution in [2.45, 2.75) is 68.7 Å². The molecule has 1 aromatic rings. The summed E-state index contributed by atoms with van der Waals surface area (Å²) in [6.07, 6.45) is -0.419. The van der Waals surface area contributed by atoms with Gasteiger partial charge in [-0.25, -0.2) is 8.78 Å². The second kappa shape index (κ2) is 9.66. The van der Waals surface area contributed by atoms with E-state index in [-0.39, 0.29) is 18.7 Å². The third-order valence-electron chi connectivity index (χ3n) is 7.20. The van der Waals surface area contributed by atoms with Crippen LogP contribution < -0.4 is 10.6 Å². The number of carbonyl (C=O) groups excluding carboxylic acids is 3. The lowest BCUT2D eigenvalue weighted by molar-refractivity contribution is -0.198. The predicted molar refractivity (Wildman–Crippen MR) is 116 cm³/mol. The molecule has 1 unspecified atom stereocenters. The Morgan fingerprint density at radius 2 is 2.00 bits per heavy atom. The quantitative estimate of drug-likeness (QED) is 0.579. The summed E-state index contributed by atoms with van der Waals surface area (Å²) < 4.78 is 29.6. The van der Waals surface area contributed by atoms with Crippen LogP contribution in [0.5, 0.6) is 0 Å². The highest BCUT2D eigenvalue weighted by molar-refractivity contribution is 5.91. The molecule has 0 radical (unpaired) electrons. The van der Waals surface area contributed by atoms with Crippen molar-refractivity contribution in [3.63, 3.8) is 0 Å². The molecule has 6 atom stereocenters. The SMILES string of the molecule is N#C[C@H](C[C@@H]1CCCNC1=O)NC(=O)[C@H]1[C@@H]2CC[C@@H](CC2(F)F)N1C(=O)C(O)c1ccccc1. The molecule has 2 bridgehead atoms. The number of amides is 3. The van der Waals surface area contributed by atoms with Gasteiger partial charge in [-0.15, -0.1) is 0 Å². The minimum Gasteiger partial charge on any atom is -0.378 e. The number of aliphatic hydroxyl groups excluding tert-OH is 1. The number of alkyl halides is 2. The number of aliphatic hydroxyl groups is 1. The summed E-state index contributed by atoms with van der Waals surface area (Å²) in [6, 6.07) is 6.58. The zero-order valence-electron chi connectivity index (χ0n) is 18.6. The van der Waals surface area contributed by atoms with Crippen LogP contribution >= 0.6 is 0 Å². The number of hydrogen-bond donors (Lipinski definition) is 3. The smallest absolute Gasteiger partial charge is 0.256 e. The van der Waals surface area contributed by atoms with Crippen molar-refractivity contribution in [3.8, 4) is 6.07 Å². The maximum absolute atomic E-state index is 14.8. The molecule has 3 N–H and O–H groups in total. The summed E-state index contributed by atoms with van der Waals surface area (Å²) in [6.45, 7) is 0.556. The minimum absolute atomic E-state index is 0.0587. The highest BCUT2D eigenvalue weighted by Gasteiger charge is 2.61. The van der Waals surface area contributed by atoms with E-state index < -0.39 is 60.2 Å². The third kappa shape index (κ3) is 4.62. The zero-order valence-corrected chi connectivity index (χ0v) is 18.6. The Labute approximate surface area is 196 Å². The van der Waals surface area contributed by atoms with Crippen LogP contribution in [-0.2, 0) is 14.4 Å². The summed E-state index contributed by atoms with van der Waals surface area (Å²) in [5.41, 5.74) is 0.304. The average molecular weight is 475 g/mol. The fourth-order valence-electron chi connectivity index (χ4n) is 5.49. The molecule has 182 valence electrons. The maximum atomic E-state index is 14.8. The van der Waals surface area contributed by atoms with E-state index in [1.54, 1.807) is 30.3 Å². The Bertz CT molecular complexity index is 983. The van der Waals surface area contributed by atoms with Crippen LogP contribution in [0.4, 0.5) is 8.78 Å². The van der Waals surface area contributed by atoms with E-state index in [1.807, 2.05) is 6.07 Å². The fourth-order valence-corrected chi connectivity index (χ4v) is 5.49. The van der Waals surface area contributed by atoms with Gasteiger partial charge in [-0.05, 0) is 37.7 Å². The van der Waals surface area contributed by atoms with E-state index >= 15 is 0 Å². The molecule has 4 aliphatic rings. The standard InChI is InChI=1S/C24H28F2N4O4/c25-24(26)12-17-8-9-18(24)19(30(17)23(34)20(31)14-5-2-1-3-6-14)22(33)29-16(13-27)11-15-7-4-10-28-21(15)32/h1-3,5-6,15-20,31H,4,7-12H2,(H,28,32)(H,29,33)/t15-,16-,17-,18-,19+,20?/m0/s1. The third-order valence-corrected chi connectivity index (χ3v) is 7.20. The van der Waals surface area contributed by atoms with E-state index in [4.69, 9.17) is 0 Å². The van der Waals surface area contributed by atoms with Gasteiger partial charge in [0.2, 0.25) is 11.8 Å². The van der Waals surface area contributed by atoms with Crippen LogP contribution in [0.1, 0.15) is 50.2 Å². The molecular formula is C24H28F2N4O4. The molecular weight excluding hydrogens is 446 g/mol. The molecule has 1 aliphatic carbocycles. The van der Waals surface area contributed by atoms with Crippen molar-refractivity contribution in [1.82, 2.24) is 15.5 Å². The fraction of sp³-hybridized carbons (Fsp3) is 0.583. The average Bonchev–Trinajstić information content (AvgIpc) is 2.83. The lowest BCUT2D eigenvalue weighted by atomic mass is 9.71. The van der Waals surface area contributed by atoms with Crippen molar-refractivity contribution >= 4 is 17.7 Å². The number of rotatable bonds is 6. The molecule has 1 saturated carbocycles. The number of piperidine rings is 3. The first kappa shape index (κ1) is 24.1. The van der Waals surface area contributed by atoms with E-state index in [9.17, 15) is 33.5 Å². The Balaban J connectivity index is 1.56. The molecule has 3 aliphatic heterocycles. The molecule has 4 fully saturated rings. The maximum Gasteiger partial charge on any atom is 0.256 e. The molecule has 8 nitrogen and oxygen atoms in total. The van der Waals surface area contributed by atoms with Gasteiger partial charge in [-0.3, -0.25) is 14.4 Å². The molecule has 34 heavy (non-hydrogen) atoms. The van der Waals surface area contributed by atoms with Crippen LogP contribution in [0.2, 0.25) is 0 Å².